The lowest BCUT2D eigenvalue weighted by Crippen LogP contribution is -2.30. The van der Waals surface area contributed by atoms with Gasteiger partial charge in [-0.25, -0.2) is 9.83 Å². The van der Waals surface area contributed by atoms with Gasteiger partial charge in [0.05, 0.1) is 24.3 Å². The second kappa shape index (κ2) is 9.77. The van der Waals surface area contributed by atoms with Crippen molar-refractivity contribution in [3.63, 3.8) is 0 Å². The Kier molecular flexibility index (Phi) is 6.23. The van der Waals surface area contributed by atoms with Crippen molar-refractivity contribution in [3.05, 3.63) is 108 Å². The number of anilines is 1. The Morgan fingerprint density at radius 3 is 2.42 bits per heavy atom. The van der Waals surface area contributed by atoms with Crippen LogP contribution in [0.4, 0.5) is 11.4 Å². The molecule has 200 valence electrons. The maximum Gasteiger partial charge on any atom is 0.192 e. The highest BCUT2D eigenvalue weighted by atomic mass is 16.5. The lowest BCUT2D eigenvalue weighted by Gasteiger charge is -2.25. The summed E-state index contributed by atoms with van der Waals surface area (Å²) in [6.45, 7) is 19.4. The van der Waals surface area contributed by atoms with Gasteiger partial charge in [-0.05, 0) is 67.3 Å². The third-order valence-electron chi connectivity index (χ3n) is 7.48. The third-order valence-corrected chi connectivity index (χ3v) is 7.48. The van der Waals surface area contributed by atoms with Crippen LogP contribution in [-0.4, -0.2) is 27.2 Å². The van der Waals surface area contributed by atoms with Crippen LogP contribution < -0.4 is 9.64 Å². The van der Waals surface area contributed by atoms with Gasteiger partial charge in [0.1, 0.15) is 17.3 Å². The van der Waals surface area contributed by atoms with E-state index in [0.29, 0.717) is 23.2 Å². The van der Waals surface area contributed by atoms with Crippen molar-refractivity contribution < 1.29 is 4.74 Å². The van der Waals surface area contributed by atoms with Gasteiger partial charge in [-0.2, -0.15) is 0 Å². The molecule has 6 rings (SSSR count). The molecule has 3 heterocycles. The molecule has 1 aliphatic heterocycles. The molecule has 6 nitrogen and oxygen atoms in total. The van der Waals surface area contributed by atoms with E-state index in [-0.39, 0.29) is 5.41 Å². The highest BCUT2D eigenvalue weighted by molar-refractivity contribution is 6.09. The fraction of sp³-hybridized carbons (Fsp3) is 0.235. The lowest BCUT2D eigenvalue weighted by molar-refractivity contribution is 0.336. The van der Waals surface area contributed by atoms with Gasteiger partial charge >= 0.3 is 0 Å². The average molecular weight is 528 g/mol. The molecular formula is C34H33N5O. The van der Waals surface area contributed by atoms with Crippen LogP contribution in [0.1, 0.15) is 40.2 Å². The fourth-order valence-electron chi connectivity index (χ4n) is 5.20. The molecule has 5 aromatic rings. The van der Waals surface area contributed by atoms with E-state index in [1.165, 1.54) is 10.9 Å². The summed E-state index contributed by atoms with van der Waals surface area (Å²) in [5.41, 5.74) is 4.83. The van der Waals surface area contributed by atoms with Crippen molar-refractivity contribution >= 4 is 33.2 Å². The molecule has 2 aromatic heterocycles. The van der Waals surface area contributed by atoms with Crippen LogP contribution in [0.3, 0.4) is 0 Å². The largest absolute Gasteiger partial charge is 0.459 e. The molecule has 1 aliphatic rings. The molecular weight excluding hydrogens is 494 g/mol. The first kappa shape index (κ1) is 25.5. The minimum absolute atomic E-state index is 0.00702. The number of para-hydroxylation sites is 1. The van der Waals surface area contributed by atoms with Crippen molar-refractivity contribution in [1.82, 2.24) is 14.5 Å². The van der Waals surface area contributed by atoms with Gasteiger partial charge in [0.2, 0.25) is 0 Å². The lowest BCUT2D eigenvalue weighted by atomic mass is 9.88. The Hall–Kier alpha value is -4.76. The van der Waals surface area contributed by atoms with Gasteiger partial charge < -0.3 is 14.5 Å². The van der Waals surface area contributed by atoms with E-state index in [1.54, 1.807) is 6.07 Å². The van der Waals surface area contributed by atoms with Crippen LogP contribution in [0.25, 0.3) is 32.5 Å². The summed E-state index contributed by atoms with van der Waals surface area (Å²) in [5, 5.41) is 2.30. The number of ether oxygens (including phenoxy) is 1. The molecule has 0 radical (unpaired) electrons. The zero-order valence-corrected chi connectivity index (χ0v) is 23.6. The summed E-state index contributed by atoms with van der Waals surface area (Å²) >= 11 is 0. The first-order valence-corrected chi connectivity index (χ1v) is 13.6. The predicted molar refractivity (Wildman–Crippen MR) is 164 cm³/mol. The Morgan fingerprint density at radius 1 is 0.875 bits per heavy atom. The van der Waals surface area contributed by atoms with Gasteiger partial charge in [-0.3, -0.25) is 4.57 Å². The van der Waals surface area contributed by atoms with Crippen molar-refractivity contribution in [2.24, 2.45) is 0 Å². The van der Waals surface area contributed by atoms with Crippen molar-refractivity contribution in [2.45, 2.75) is 46.1 Å². The van der Waals surface area contributed by atoms with Crippen molar-refractivity contribution in [1.29, 1.82) is 0 Å². The summed E-state index contributed by atoms with van der Waals surface area (Å²) < 4.78 is 8.64. The van der Waals surface area contributed by atoms with Gasteiger partial charge in [-0.15, -0.1) is 0 Å². The number of rotatable bonds is 5. The summed E-state index contributed by atoms with van der Waals surface area (Å²) in [6.07, 6.45) is 6.03. The molecule has 0 N–H and O–H groups in total. The standard InChI is InChI=1S/C34H33N5O/c1-23(2)37-15-16-38(22-37)26-18-25(35-6)19-28(20-26)40-27-11-12-30-29-9-7-8-10-31(29)39(32(30)21-27)33-17-24(13-14-36-33)34(3,4)5/h7-21,23H,22H2,1-5H3. The monoisotopic (exact) mass is 527 g/mol. The molecule has 0 saturated heterocycles. The second-order valence-corrected chi connectivity index (χ2v) is 11.6. The first-order chi connectivity index (χ1) is 19.2. The van der Waals surface area contributed by atoms with Crippen LogP contribution in [0.5, 0.6) is 11.5 Å². The number of benzene rings is 3. The second-order valence-electron chi connectivity index (χ2n) is 11.6. The highest BCUT2D eigenvalue weighted by Crippen LogP contribution is 2.37. The van der Waals surface area contributed by atoms with E-state index in [0.717, 1.165) is 34.6 Å². The maximum atomic E-state index is 7.66. The Morgan fingerprint density at radius 2 is 1.68 bits per heavy atom. The number of hydrogen-bond donors (Lipinski definition) is 0. The first-order valence-electron chi connectivity index (χ1n) is 13.6. The molecule has 0 unspecified atom stereocenters. The Labute approximate surface area is 235 Å². The Bertz CT molecular complexity index is 1800. The summed E-state index contributed by atoms with van der Waals surface area (Å²) in [5.74, 6) is 2.22. The van der Waals surface area contributed by atoms with Gasteiger partial charge in [0.15, 0.2) is 5.69 Å². The average Bonchev–Trinajstić information content (AvgIpc) is 3.56. The molecule has 40 heavy (non-hydrogen) atoms. The number of hydrogen-bond acceptors (Lipinski definition) is 4. The Balaban J connectivity index is 1.43. The van der Waals surface area contributed by atoms with E-state index >= 15 is 0 Å². The fourth-order valence-corrected chi connectivity index (χ4v) is 5.20. The summed E-state index contributed by atoms with van der Waals surface area (Å²) in [7, 11) is 0. The molecule has 3 aromatic carbocycles. The van der Waals surface area contributed by atoms with Gasteiger partial charge in [0.25, 0.3) is 0 Å². The van der Waals surface area contributed by atoms with Crippen LogP contribution in [0.2, 0.25) is 0 Å². The van der Waals surface area contributed by atoms with Crippen LogP contribution in [0.15, 0.2) is 91.4 Å². The van der Waals surface area contributed by atoms with Crippen LogP contribution in [0, 0.1) is 6.57 Å². The molecule has 0 amide bonds. The van der Waals surface area contributed by atoms with E-state index in [4.69, 9.17) is 16.3 Å². The third kappa shape index (κ3) is 4.65. The van der Waals surface area contributed by atoms with Gasteiger partial charge in [-0.1, -0.05) is 39.0 Å². The minimum Gasteiger partial charge on any atom is -0.459 e. The molecule has 0 fully saturated rings. The van der Waals surface area contributed by atoms with E-state index in [1.807, 2.05) is 24.4 Å². The molecule has 0 bridgehead atoms. The zero-order valence-electron chi connectivity index (χ0n) is 23.6. The normalized spacial score (nSPS) is 13.5. The molecule has 0 saturated carbocycles. The summed E-state index contributed by atoms with van der Waals surface area (Å²) in [4.78, 5) is 12.9. The molecule has 0 spiro atoms. The van der Waals surface area contributed by atoms with Crippen molar-refractivity contribution in [2.75, 3.05) is 11.6 Å². The summed E-state index contributed by atoms with van der Waals surface area (Å²) in [6, 6.07) is 25.0. The minimum atomic E-state index is 0.00702. The maximum absolute atomic E-state index is 7.66. The molecule has 0 atom stereocenters. The quantitative estimate of drug-likeness (QED) is 0.214. The zero-order chi connectivity index (χ0) is 28.0. The highest BCUT2D eigenvalue weighted by Gasteiger charge is 2.20. The van der Waals surface area contributed by atoms with E-state index < -0.39 is 0 Å². The predicted octanol–water partition coefficient (Wildman–Crippen LogP) is 8.78. The van der Waals surface area contributed by atoms with Crippen LogP contribution in [-0.2, 0) is 5.41 Å². The topological polar surface area (TPSA) is 37.9 Å². The molecule has 0 aliphatic carbocycles. The van der Waals surface area contributed by atoms with Crippen molar-refractivity contribution in [3.8, 4) is 17.3 Å². The number of pyridine rings is 1. The van der Waals surface area contributed by atoms with E-state index in [2.05, 4.69) is 115 Å². The number of aromatic nitrogens is 2. The van der Waals surface area contributed by atoms with E-state index in [9.17, 15) is 0 Å². The van der Waals surface area contributed by atoms with Crippen LogP contribution >= 0.6 is 0 Å². The molecule has 6 heteroatoms. The van der Waals surface area contributed by atoms with Gasteiger partial charge in [0, 0.05) is 53.2 Å². The number of nitrogens with zero attached hydrogens (tertiary/aromatic N) is 5. The number of fused-ring (bicyclic) bond motifs is 3. The smallest absolute Gasteiger partial charge is 0.192 e. The SMILES string of the molecule is [C-]#[N+]c1cc(Oc2ccc3c4ccccc4n(-c4cc(C(C)(C)C)ccn4)c3c2)cc(N2C=CN(C(C)C)C2)c1.